The number of hydrogen-bond acceptors (Lipinski definition) is 4. The van der Waals surface area contributed by atoms with Gasteiger partial charge in [0.2, 0.25) is 5.91 Å². The van der Waals surface area contributed by atoms with Gasteiger partial charge < -0.3 is 20.3 Å². The fourth-order valence-corrected chi connectivity index (χ4v) is 2.55. The van der Waals surface area contributed by atoms with Gasteiger partial charge in [0, 0.05) is 39.0 Å². The number of anilines is 1. The van der Waals surface area contributed by atoms with E-state index >= 15 is 0 Å². The maximum atomic E-state index is 12.8. The summed E-state index contributed by atoms with van der Waals surface area (Å²) in [5.74, 6) is -0.199. The van der Waals surface area contributed by atoms with Crippen LogP contribution in [0.25, 0.3) is 0 Å². The fourth-order valence-electron chi connectivity index (χ4n) is 2.55. The highest BCUT2D eigenvalue weighted by molar-refractivity contribution is 5.82. The normalized spacial score (nSPS) is 17.3. The molecule has 128 valence electrons. The predicted molar refractivity (Wildman–Crippen MR) is 80.1 cm³/mol. The topological polar surface area (TPSA) is 58.8 Å². The van der Waals surface area contributed by atoms with Gasteiger partial charge in [-0.25, -0.2) is 0 Å². The van der Waals surface area contributed by atoms with Crippen LogP contribution < -0.4 is 10.6 Å². The number of carbonyl (C=O) groups excluding carboxylic acids is 1. The highest BCUT2D eigenvalue weighted by atomic mass is 19.4. The van der Waals surface area contributed by atoms with Crippen LogP contribution >= 0.6 is 0 Å². The second-order valence-corrected chi connectivity index (χ2v) is 5.42. The molecule has 0 aromatic heterocycles. The molecule has 1 saturated heterocycles. The first kappa shape index (κ1) is 17.6. The number of piperazine rings is 1. The molecule has 0 bridgehead atoms. The van der Waals surface area contributed by atoms with E-state index in [0.717, 1.165) is 12.1 Å². The molecule has 1 aromatic carbocycles. The smallest absolute Gasteiger partial charge is 0.383 e. The first-order chi connectivity index (χ1) is 10.8. The molecule has 0 radical (unpaired) electrons. The summed E-state index contributed by atoms with van der Waals surface area (Å²) in [5, 5.41) is 0. The van der Waals surface area contributed by atoms with Crippen LogP contribution in [0.2, 0.25) is 0 Å². The van der Waals surface area contributed by atoms with E-state index in [9.17, 15) is 18.0 Å². The zero-order valence-electron chi connectivity index (χ0n) is 12.8. The highest BCUT2D eigenvalue weighted by Gasteiger charge is 2.31. The number of amides is 1. The van der Waals surface area contributed by atoms with Crippen molar-refractivity contribution in [3.63, 3.8) is 0 Å². The van der Waals surface area contributed by atoms with E-state index < -0.39 is 17.8 Å². The maximum absolute atomic E-state index is 12.8. The Labute approximate surface area is 132 Å². The third-order valence-electron chi connectivity index (χ3n) is 3.79. The summed E-state index contributed by atoms with van der Waals surface area (Å²) in [6.45, 7) is 1.92. The monoisotopic (exact) mass is 331 g/mol. The molecule has 1 aromatic rings. The van der Waals surface area contributed by atoms with E-state index in [1.54, 1.807) is 11.0 Å². The minimum absolute atomic E-state index is 0.146. The molecule has 0 unspecified atom stereocenters. The lowest BCUT2D eigenvalue weighted by molar-refractivity contribution is -0.137. The lowest BCUT2D eigenvalue weighted by Crippen LogP contribution is -2.54. The summed E-state index contributed by atoms with van der Waals surface area (Å²) in [6, 6.07) is 4.51. The molecule has 0 spiro atoms. The van der Waals surface area contributed by atoms with E-state index in [-0.39, 0.29) is 12.5 Å². The molecule has 0 saturated carbocycles. The number of benzene rings is 1. The van der Waals surface area contributed by atoms with Crippen molar-refractivity contribution < 1.29 is 22.7 Å². The average molecular weight is 331 g/mol. The fraction of sp³-hybridized carbons (Fsp3) is 0.533. The number of nitrogens with two attached hydrogens (primary N) is 1. The lowest BCUT2D eigenvalue weighted by Gasteiger charge is -2.37. The number of ether oxygens (including phenoxy) is 1. The Hall–Kier alpha value is -1.80. The molecule has 5 nitrogen and oxygen atoms in total. The Bertz CT molecular complexity index is 543. The van der Waals surface area contributed by atoms with Gasteiger partial charge in [0.25, 0.3) is 0 Å². The van der Waals surface area contributed by atoms with E-state index in [0.29, 0.717) is 31.9 Å². The number of hydrogen-bond donors (Lipinski definition) is 1. The van der Waals surface area contributed by atoms with Crippen LogP contribution in [-0.4, -0.2) is 56.7 Å². The molecule has 1 aliphatic rings. The largest absolute Gasteiger partial charge is 0.416 e. The van der Waals surface area contributed by atoms with E-state index in [2.05, 4.69) is 0 Å². The van der Waals surface area contributed by atoms with Gasteiger partial charge in [0.1, 0.15) is 6.04 Å². The zero-order chi connectivity index (χ0) is 17.0. The van der Waals surface area contributed by atoms with Crippen molar-refractivity contribution in [2.75, 3.05) is 44.8 Å². The van der Waals surface area contributed by atoms with Gasteiger partial charge in [-0.05, 0) is 18.2 Å². The summed E-state index contributed by atoms with van der Waals surface area (Å²) >= 11 is 0. The van der Waals surface area contributed by atoms with Gasteiger partial charge in [-0.2, -0.15) is 13.2 Å². The third-order valence-corrected chi connectivity index (χ3v) is 3.79. The number of nitrogens with zero attached hydrogens (tertiary/aromatic N) is 2. The SMILES string of the molecule is COC[C@H](N)C(=O)N1CCN(c2cccc(C(F)(F)F)c2)CC1. The molecule has 1 atom stereocenters. The molecule has 1 fully saturated rings. The molecular weight excluding hydrogens is 311 g/mol. The van der Waals surface area contributed by atoms with Crippen molar-refractivity contribution in [2.45, 2.75) is 12.2 Å². The van der Waals surface area contributed by atoms with Gasteiger partial charge in [-0.3, -0.25) is 4.79 Å². The Morgan fingerprint density at radius 3 is 2.52 bits per heavy atom. The van der Waals surface area contributed by atoms with Gasteiger partial charge in [-0.1, -0.05) is 6.07 Å². The maximum Gasteiger partial charge on any atom is 0.416 e. The number of alkyl halides is 3. The van der Waals surface area contributed by atoms with Crippen LogP contribution in [-0.2, 0) is 15.7 Å². The van der Waals surface area contributed by atoms with Gasteiger partial charge >= 0.3 is 6.18 Å². The van der Waals surface area contributed by atoms with E-state index in [1.165, 1.54) is 13.2 Å². The molecule has 8 heteroatoms. The second kappa shape index (κ2) is 7.18. The first-order valence-electron chi connectivity index (χ1n) is 7.28. The molecule has 2 N–H and O–H groups in total. The molecule has 0 aliphatic carbocycles. The van der Waals surface area contributed by atoms with Gasteiger partial charge in [0.05, 0.1) is 12.2 Å². The predicted octanol–water partition coefficient (Wildman–Crippen LogP) is 1.33. The van der Waals surface area contributed by atoms with Crippen LogP contribution in [0.5, 0.6) is 0 Å². The van der Waals surface area contributed by atoms with Crippen LogP contribution in [0.4, 0.5) is 18.9 Å². The van der Waals surface area contributed by atoms with Crippen molar-refractivity contribution in [3.8, 4) is 0 Å². The lowest BCUT2D eigenvalue weighted by atomic mass is 10.1. The highest BCUT2D eigenvalue weighted by Crippen LogP contribution is 2.31. The number of carbonyl (C=O) groups is 1. The summed E-state index contributed by atoms with van der Waals surface area (Å²) in [4.78, 5) is 15.5. The minimum Gasteiger partial charge on any atom is -0.383 e. The van der Waals surface area contributed by atoms with E-state index in [1.807, 2.05) is 4.90 Å². The standard InChI is InChI=1S/C15H20F3N3O2/c1-23-10-13(19)14(22)21-7-5-20(6-8-21)12-4-2-3-11(9-12)15(16,17)18/h2-4,9,13H,5-8,10,19H2,1H3/t13-/m0/s1. The number of methoxy groups -OCH3 is 1. The van der Waals surface area contributed by atoms with Crippen molar-refractivity contribution >= 4 is 11.6 Å². The van der Waals surface area contributed by atoms with Crippen molar-refractivity contribution in [3.05, 3.63) is 29.8 Å². The summed E-state index contributed by atoms with van der Waals surface area (Å²) < 4.78 is 43.2. The summed E-state index contributed by atoms with van der Waals surface area (Å²) in [6.07, 6.45) is -4.36. The first-order valence-corrected chi connectivity index (χ1v) is 7.28. The van der Waals surface area contributed by atoms with Crippen LogP contribution in [0.3, 0.4) is 0 Å². The number of rotatable bonds is 4. The molecule has 1 amide bonds. The Morgan fingerprint density at radius 2 is 1.96 bits per heavy atom. The molecule has 2 rings (SSSR count). The van der Waals surface area contributed by atoms with Gasteiger partial charge in [0.15, 0.2) is 0 Å². The molecule has 23 heavy (non-hydrogen) atoms. The third kappa shape index (κ3) is 4.35. The van der Waals surface area contributed by atoms with Crippen LogP contribution in [0.1, 0.15) is 5.56 Å². The van der Waals surface area contributed by atoms with Crippen molar-refractivity contribution in [1.82, 2.24) is 4.90 Å². The summed E-state index contributed by atoms with van der Waals surface area (Å²) in [7, 11) is 1.47. The van der Waals surface area contributed by atoms with Gasteiger partial charge in [-0.15, -0.1) is 0 Å². The minimum atomic E-state index is -4.36. The summed E-state index contributed by atoms with van der Waals surface area (Å²) in [5.41, 5.74) is 5.55. The average Bonchev–Trinajstić information content (AvgIpc) is 2.54. The Morgan fingerprint density at radius 1 is 1.30 bits per heavy atom. The quantitative estimate of drug-likeness (QED) is 0.904. The van der Waals surface area contributed by atoms with Crippen molar-refractivity contribution in [2.24, 2.45) is 5.73 Å². The number of halogens is 3. The van der Waals surface area contributed by atoms with Crippen LogP contribution in [0.15, 0.2) is 24.3 Å². The second-order valence-electron chi connectivity index (χ2n) is 5.42. The van der Waals surface area contributed by atoms with Crippen LogP contribution in [0, 0.1) is 0 Å². The Kier molecular flexibility index (Phi) is 5.48. The Balaban J connectivity index is 1.98. The molecular formula is C15H20F3N3O2. The van der Waals surface area contributed by atoms with E-state index in [4.69, 9.17) is 10.5 Å². The van der Waals surface area contributed by atoms with Crippen molar-refractivity contribution in [1.29, 1.82) is 0 Å². The zero-order valence-corrected chi connectivity index (χ0v) is 12.8. The molecule has 1 heterocycles. The molecule has 1 aliphatic heterocycles.